The zero-order valence-electron chi connectivity index (χ0n) is 13.2. The summed E-state index contributed by atoms with van der Waals surface area (Å²) < 4.78 is 24.6. The van der Waals surface area contributed by atoms with Crippen LogP contribution in [-0.2, 0) is 4.79 Å². The van der Waals surface area contributed by atoms with Gasteiger partial charge in [0.25, 0.3) is 5.91 Å². The standard InChI is InChI=1S/C15H19F2N3O4/c1-8(2)18-15(24)19-10-5-3-9(4-6-10)13(21)20-11(14(22)23)7-12(16)17/h3-6,8,11-12H,7H2,1-2H3,(H,20,21)(H,22,23)(H2,18,19,24). The number of amides is 3. The fourth-order valence-electron chi connectivity index (χ4n) is 1.78. The zero-order valence-corrected chi connectivity index (χ0v) is 13.2. The van der Waals surface area contributed by atoms with Gasteiger partial charge in [-0.1, -0.05) is 0 Å². The number of hydrogen-bond donors (Lipinski definition) is 4. The Hall–Kier alpha value is -2.71. The third-order valence-corrected chi connectivity index (χ3v) is 2.84. The monoisotopic (exact) mass is 343 g/mol. The molecule has 0 aliphatic heterocycles. The minimum Gasteiger partial charge on any atom is -0.480 e. The van der Waals surface area contributed by atoms with E-state index in [1.807, 2.05) is 5.32 Å². The Balaban J connectivity index is 2.69. The minimum absolute atomic E-state index is 0.0437. The van der Waals surface area contributed by atoms with Gasteiger partial charge in [0.15, 0.2) is 0 Å². The third kappa shape index (κ3) is 6.59. The Labute approximate surface area is 137 Å². The maximum Gasteiger partial charge on any atom is 0.326 e. The smallest absolute Gasteiger partial charge is 0.326 e. The summed E-state index contributed by atoms with van der Waals surface area (Å²) in [5.74, 6) is -2.33. The first-order chi connectivity index (χ1) is 11.2. The quantitative estimate of drug-likeness (QED) is 0.608. The first-order valence-corrected chi connectivity index (χ1v) is 7.18. The number of aliphatic carboxylic acids is 1. The van der Waals surface area contributed by atoms with Crippen LogP contribution in [0.2, 0.25) is 0 Å². The number of halogens is 2. The van der Waals surface area contributed by atoms with Crippen molar-refractivity contribution in [2.24, 2.45) is 0 Å². The van der Waals surface area contributed by atoms with E-state index in [4.69, 9.17) is 5.11 Å². The first-order valence-electron chi connectivity index (χ1n) is 7.18. The van der Waals surface area contributed by atoms with E-state index < -0.39 is 36.8 Å². The summed E-state index contributed by atoms with van der Waals surface area (Å²) in [4.78, 5) is 34.3. The van der Waals surface area contributed by atoms with Gasteiger partial charge in [-0.15, -0.1) is 0 Å². The van der Waals surface area contributed by atoms with Crippen LogP contribution in [0.4, 0.5) is 19.3 Å². The van der Waals surface area contributed by atoms with E-state index >= 15 is 0 Å². The summed E-state index contributed by atoms with van der Waals surface area (Å²) in [6.45, 7) is 3.59. The molecule has 9 heteroatoms. The van der Waals surface area contributed by atoms with Crippen molar-refractivity contribution in [1.82, 2.24) is 10.6 Å². The van der Waals surface area contributed by atoms with E-state index in [0.717, 1.165) is 0 Å². The van der Waals surface area contributed by atoms with E-state index in [1.165, 1.54) is 24.3 Å². The third-order valence-electron chi connectivity index (χ3n) is 2.84. The fraction of sp³-hybridized carbons (Fsp3) is 0.400. The summed E-state index contributed by atoms with van der Waals surface area (Å²) in [5, 5.41) is 16.0. The number of carbonyl (C=O) groups is 3. The largest absolute Gasteiger partial charge is 0.480 e. The number of hydrogen-bond acceptors (Lipinski definition) is 3. The molecular weight excluding hydrogens is 324 g/mol. The van der Waals surface area contributed by atoms with E-state index in [0.29, 0.717) is 5.69 Å². The van der Waals surface area contributed by atoms with Crippen LogP contribution >= 0.6 is 0 Å². The highest BCUT2D eigenvalue weighted by Crippen LogP contribution is 2.11. The maximum absolute atomic E-state index is 12.3. The van der Waals surface area contributed by atoms with Crippen LogP contribution in [0.1, 0.15) is 30.6 Å². The van der Waals surface area contributed by atoms with Gasteiger partial charge in [-0.2, -0.15) is 0 Å². The molecule has 0 bridgehead atoms. The lowest BCUT2D eigenvalue weighted by atomic mass is 10.1. The molecule has 0 fully saturated rings. The Morgan fingerprint density at radius 1 is 1.08 bits per heavy atom. The van der Waals surface area contributed by atoms with Gasteiger partial charge in [0.2, 0.25) is 6.43 Å². The average Bonchev–Trinajstić information content (AvgIpc) is 2.45. The van der Waals surface area contributed by atoms with Crippen LogP contribution < -0.4 is 16.0 Å². The van der Waals surface area contributed by atoms with Gasteiger partial charge in [0, 0.05) is 23.7 Å². The second-order valence-corrected chi connectivity index (χ2v) is 5.32. The van der Waals surface area contributed by atoms with Crippen molar-refractivity contribution in [3.05, 3.63) is 29.8 Å². The molecule has 0 aliphatic carbocycles. The van der Waals surface area contributed by atoms with Gasteiger partial charge in [-0.25, -0.2) is 18.4 Å². The van der Waals surface area contributed by atoms with Crippen LogP contribution in [0.5, 0.6) is 0 Å². The predicted octanol–water partition coefficient (Wildman–Crippen LogP) is 2.05. The van der Waals surface area contributed by atoms with E-state index in [9.17, 15) is 23.2 Å². The van der Waals surface area contributed by atoms with Gasteiger partial charge in [0.05, 0.1) is 0 Å². The van der Waals surface area contributed by atoms with Crippen molar-refractivity contribution in [1.29, 1.82) is 0 Å². The first kappa shape index (κ1) is 19.3. The molecule has 0 spiro atoms. The summed E-state index contributed by atoms with van der Waals surface area (Å²) in [5.41, 5.74) is 0.511. The molecule has 0 aliphatic rings. The zero-order chi connectivity index (χ0) is 18.3. The van der Waals surface area contributed by atoms with Crippen LogP contribution in [0.15, 0.2) is 24.3 Å². The molecule has 7 nitrogen and oxygen atoms in total. The van der Waals surface area contributed by atoms with E-state index in [2.05, 4.69) is 10.6 Å². The van der Waals surface area contributed by atoms with Gasteiger partial charge in [0.1, 0.15) is 6.04 Å². The molecule has 3 amide bonds. The van der Waals surface area contributed by atoms with Gasteiger partial charge in [-0.05, 0) is 38.1 Å². The Morgan fingerprint density at radius 2 is 1.67 bits per heavy atom. The summed E-state index contributed by atoms with van der Waals surface area (Å²) in [7, 11) is 0. The van der Waals surface area contributed by atoms with Crippen LogP contribution in [0.3, 0.4) is 0 Å². The van der Waals surface area contributed by atoms with Crippen molar-refractivity contribution in [3.8, 4) is 0 Å². The summed E-state index contributed by atoms with van der Waals surface area (Å²) in [6, 6.07) is 3.45. The maximum atomic E-state index is 12.3. The second-order valence-electron chi connectivity index (χ2n) is 5.32. The lowest BCUT2D eigenvalue weighted by Crippen LogP contribution is -2.42. The van der Waals surface area contributed by atoms with E-state index in [1.54, 1.807) is 13.8 Å². The average molecular weight is 343 g/mol. The Bertz CT molecular complexity index is 591. The number of rotatable bonds is 7. The molecule has 4 N–H and O–H groups in total. The van der Waals surface area contributed by atoms with Crippen molar-refractivity contribution in [2.45, 2.75) is 38.8 Å². The lowest BCUT2D eigenvalue weighted by Gasteiger charge is -2.14. The number of nitrogens with one attached hydrogen (secondary N) is 3. The molecule has 1 atom stereocenters. The minimum atomic E-state index is -2.85. The normalized spacial score (nSPS) is 11.9. The van der Waals surface area contributed by atoms with Crippen LogP contribution in [0.25, 0.3) is 0 Å². The highest BCUT2D eigenvalue weighted by atomic mass is 19.3. The fourth-order valence-corrected chi connectivity index (χ4v) is 1.78. The highest BCUT2D eigenvalue weighted by molar-refractivity contribution is 5.97. The molecule has 0 saturated heterocycles. The molecule has 0 saturated carbocycles. The number of benzene rings is 1. The van der Waals surface area contributed by atoms with Crippen LogP contribution in [0, 0.1) is 0 Å². The second kappa shape index (κ2) is 8.80. The Kier molecular flexibility index (Phi) is 7.09. The number of alkyl halides is 2. The van der Waals surface area contributed by atoms with Gasteiger partial charge < -0.3 is 21.1 Å². The number of urea groups is 1. The van der Waals surface area contributed by atoms with Crippen LogP contribution in [-0.4, -0.2) is 41.5 Å². The van der Waals surface area contributed by atoms with Crippen molar-refractivity contribution < 1.29 is 28.3 Å². The molecule has 0 radical (unpaired) electrons. The number of carbonyl (C=O) groups excluding carboxylic acids is 2. The molecule has 1 aromatic carbocycles. The molecule has 1 aromatic rings. The molecule has 1 unspecified atom stereocenters. The summed E-state index contributed by atoms with van der Waals surface area (Å²) in [6.07, 6.45) is -3.83. The van der Waals surface area contributed by atoms with Crippen molar-refractivity contribution >= 4 is 23.6 Å². The van der Waals surface area contributed by atoms with Gasteiger partial charge in [-0.3, -0.25) is 4.79 Å². The van der Waals surface area contributed by atoms with Gasteiger partial charge >= 0.3 is 12.0 Å². The topological polar surface area (TPSA) is 108 Å². The molecular formula is C15H19F2N3O4. The molecule has 0 aromatic heterocycles. The molecule has 1 rings (SSSR count). The highest BCUT2D eigenvalue weighted by Gasteiger charge is 2.24. The Morgan fingerprint density at radius 3 is 2.12 bits per heavy atom. The van der Waals surface area contributed by atoms with Crippen molar-refractivity contribution in [3.63, 3.8) is 0 Å². The SMILES string of the molecule is CC(C)NC(=O)Nc1ccc(C(=O)NC(CC(F)F)C(=O)O)cc1. The van der Waals surface area contributed by atoms with E-state index in [-0.39, 0.29) is 11.6 Å². The molecule has 0 heterocycles. The van der Waals surface area contributed by atoms with Crippen molar-refractivity contribution in [2.75, 3.05) is 5.32 Å². The predicted molar refractivity (Wildman–Crippen MR) is 83.2 cm³/mol. The number of carboxylic acid groups (broad SMARTS) is 1. The molecule has 132 valence electrons. The number of carboxylic acids is 1. The molecule has 24 heavy (non-hydrogen) atoms. The lowest BCUT2D eigenvalue weighted by molar-refractivity contribution is -0.140. The summed E-state index contributed by atoms with van der Waals surface area (Å²) >= 11 is 0. The number of anilines is 1.